The van der Waals surface area contributed by atoms with Crippen LogP contribution in [0.1, 0.15) is 12.2 Å². The highest BCUT2D eigenvalue weighted by atomic mass is 35.5. The van der Waals surface area contributed by atoms with Crippen molar-refractivity contribution in [2.75, 3.05) is 5.32 Å². The van der Waals surface area contributed by atoms with Crippen LogP contribution in [0.2, 0.25) is 5.02 Å². The lowest BCUT2D eigenvalue weighted by Gasteiger charge is -2.09. The second-order valence-corrected chi connectivity index (χ2v) is 8.82. The van der Waals surface area contributed by atoms with E-state index in [1.165, 1.54) is 11.3 Å². The number of para-hydroxylation sites is 2. The predicted molar refractivity (Wildman–Crippen MR) is 131 cm³/mol. The van der Waals surface area contributed by atoms with Crippen molar-refractivity contribution >= 4 is 45.6 Å². The number of carbonyl (C=O) groups is 1. The van der Waals surface area contributed by atoms with Gasteiger partial charge in [-0.25, -0.2) is 9.97 Å². The van der Waals surface area contributed by atoms with Gasteiger partial charge < -0.3 is 5.32 Å². The zero-order valence-electron chi connectivity index (χ0n) is 17.6. The third-order valence-electron chi connectivity index (χ3n) is 5.18. The van der Waals surface area contributed by atoms with E-state index in [1.54, 1.807) is 54.6 Å². The number of hydrogen-bond acceptors (Lipinski definition) is 4. The first-order chi connectivity index (χ1) is 16.5. The lowest BCUT2D eigenvalue weighted by atomic mass is 10.2. The summed E-state index contributed by atoms with van der Waals surface area (Å²) in [6.07, 6.45) is 0.111. The first-order valence-corrected chi connectivity index (χ1v) is 11.6. The Labute approximate surface area is 202 Å². The SMILES string of the molecule is O=C(Cc1csc(-c2cccc(Cl)c2)n1)Nc1ccc(-c2nc3ccccc3n2C(F)F)cc1. The van der Waals surface area contributed by atoms with Gasteiger partial charge >= 0.3 is 6.55 Å². The van der Waals surface area contributed by atoms with Gasteiger partial charge in [-0.2, -0.15) is 8.78 Å². The van der Waals surface area contributed by atoms with Crippen LogP contribution in [0.25, 0.3) is 33.0 Å². The molecule has 0 aliphatic carbocycles. The molecule has 34 heavy (non-hydrogen) atoms. The van der Waals surface area contributed by atoms with Gasteiger partial charge in [-0.1, -0.05) is 35.9 Å². The van der Waals surface area contributed by atoms with Gasteiger partial charge in [-0.3, -0.25) is 9.36 Å². The van der Waals surface area contributed by atoms with Gasteiger partial charge in [0.15, 0.2) is 0 Å². The van der Waals surface area contributed by atoms with Crippen LogP contribution in [0.15, 0.2) is 78.2 Å². The zero-order valence-corrected chi connectivity index (χ0v) is 19.2. The van der Waals surface area contributed by atoms with Crippen LogP contribution in [0.4, 0.5) is 14.5 Å². The van der Waals surface area contributed by atoms with Gasteiger partial charge in [0.05, 0.1) is 23.1 Å². The van der Waals surface area contributed by atoms with Crippen LogP contribution in [-0.4, -0.2) is 20.4 Å². The van der Waals surface area contributed by atoms with E-state index in [2.05, 4.69) is 15.3 Å². The average Bonchev–Trinajstić information content (AvgIpc) is 3.44. The fraction of sp³-hybridized carbons (Fsp3) is 0.0800. The third kappa shape index (κ3) is 4.55. The normalized spacial score (nSPS) is 11.3. The van der Waals surface area contributed by atoms with Gasteiger partial charge in [0, 0.05) is 27.2 Å². The first-order valence-electron chi connectivity index (χ1n) is 10.3. The molecule has 0 aliphatic rings. The van der Waals surface area contributed by atoms with Crippen LogP contribution in [0, 0.1) is 0 Å². The highest BCUT2D eigenvalue weighted by Gasteiger charge is 2.19. The highest BCUT2D eigenvalue weighted by Crippen LogP contribution is 2.30. The number of aromatic nitrogens is 3. The number of nitrogens with zero attached hydrogens (tertiary/aromatic N) is 3. The number of benzene rings is 3. The minimum atomic E-state index is -2.73. The molecule has 1 N–H and O–H groups in total. The van der Waals surface area contributed by atoms with Gasteiger partial charge in [0.25, 0.3) is 0 Å². The summed E-state index contributed by atoms with van der Waals surface area (Å²) in [5, 5.41) is 6.07. The number of alkyl halides is 2. The van der Waals surface area contributed by atoms with Crippen molar-refractivity contribution in [2.45, 2.75) is 13.0 Å². The summed E-state index contributed by atoms with van der Waals surface area (Å²) in [6, 6.07) is 20.8. The molecule has 0 saturated heterocycles. The van der Waals surface area contributed by atoms with Crippen molar-refractivity contribution in [2.24, 2.45) is 0 Å². The second-order valence-electron chi connectivity index (χ2n) is 7.53. The van der Waals surface area contributed by atoms with Crippen molar-refractivity contribution in [3.05, 3.63) is 88.9 Å². The first kappa shape index (κ1) is 22.2. The van der Waals surface area contributed by atoms with E-state index in [0.29, 0.717) is 33.0 Å². The number of hydrogen-bond donors (Lipinski definition) is 1. The molecule has 0 spiro atoms. The Balaban J connectivity index is 1.29. The zero-order chi connectivity index (χ0) is 23.7. The minimum absolute atomic E-state index is 0.111. The molecule has 2 aromatic heterocycles. The molecule has 5 nitrogen and oxygen atoms in total. The minimum Gasteiger partial charge on any atom is -0.326 e. The maximum absolute atomic E-state index is 13.7. The molecule has 0 unspecified atom stereocenters. The van der Waals surface area contributed by atoms with Crippen LogP contribution in [-0.2, 0) is 11.2 Å². The molecule has 0 bridgehead atoms. The van der Waals surface area contributed by atoms with E-state index in [0.717, 1.165) is 15.1 Å². The maximum atomic E-state index is 13.7. The average molecular weight is 495 g/mol. The predicted octanol–water partition coefficient (Wildman–Crippen LogP) is 7.06. The maximum Gasteiger partial charge on any atom is 0.320 e. The second kappa shape index (κ2) is 9.32. The van der Waals surface area contributed by atoms with E-state index >= 15 is 0 Å². The summed E-state index contributed by atoms with van der Waals surface area (Å²) in [7, 11) is 0. The summed E-state index contributed by atoms with van der Waals surface area (Å²) < 4.78 is 28.3. The fourth-order valence-electron chi connectivity index (χ4n) is 3.66. The topological polar surface area (TPSA) is 59.8 Å². The van der Waals surface area contributed by atoms with E-state index < -0.39 is 6.55 Å². The lowest BCUT2D eigenvalue weighted by molar-refractivity contribution is -0.115. The van der Waals surface area contributed by atoms with E-state index in [1.807, 2.05) is 23.6 Å². The van der Waals surface area contributed by atoms with Crippen LogP contribution < -0.4 is 5.32 Å². The smallest absolute Gasteiger partial charge is 0.320 e. The van der Waals surface area contributed by atoms with Crippen molar-refractivity contribution in [1.82, 2.24) is 14.5 Å². The van der Waals surface area contributed by atoms with Gasteiger partial charge in [0.1, 0.15) is 10.8 Å². The number of anilines is 1. The Hall–Kier alpha value is -3.62. The summed E-state index contributed by atoms with van der Waals surface area (Å²) in [5.74, 6) is -0.0550. The Morgan fingerprint density at radius 2 is 1.79 bits per heavy atom. The summed E-state index contributed by atoms with van der Waals surface area (Å²) >= 11 is 7.49. The number of amides is 1. The number of fused-ring (bicyclic) bond motifs is 1. The van der Waals surface area contributed by atoms with Crippen LogP contribution >= 0.6 is 22.9 Å². The number of carbonyl (C=O) groups excluding carboxylic acids is 1. The molecule has 0 atom stereocenters. The number of imidazole rings is 1. The molecule has 2 heterocycles. The number of nitrogens with one attached hydrogen (secondary N) is 1. The van der Waals surface area contributed by atoms with Gasteiger partial charge in [-0.15, -0.1) is 11.3 Å². The van der Waals surface area contributed by atoms with Crippen molar-refractivity contribution < 1.29 is 13.6 Å². The quantitative estimate of drug-likeness (QED) is 0.275. The summed E-state index contributed by atoms with van der Waals surface area (Å²) in [4.78, 5) is 21.4. The number of halogens is 3. The molecule has 0 saturated carbocycles. The summed E-state index contributed by atoms with van der Waals surface area (Å²) in [5.41, 5.74) is 3.49. The van der Waals surface area contributed by atoms with E-state index in [4.69, 9.17) is 11.6 Å². The molecule has 0 aliphatic heterocycles. The van der Waals surface area contributed by atoms with Crippen molar-refractivity contribution in [1.29, 1.82) is 0 Å². The highest BCUT2D eigenvalue weighted by molar-refractivity contribution is 7.13. The van der Waals surface area contributed by atoms with Crippen molar-refractivity contribution in [3.8, 4) is 22.0 Å². The molecule has 5 aromatic rings. The summed E-state index contributed by atoms with van der Waals surface area (Å²) in [6.45, 7) is -2.73. The molecular formula is C25H17ClF2N4OS. The Bertz CT molecular complexity index is 1480. The number of rotatable bonds is 6. The largest absolute Gasteiger partial charge is 0.326 e. The van der Waals surface area contributed by atoms with Crippen LogP contribution in [0.3, 0.4) is 0 Å². The monoisotopic (exact) mass is 494 g/mol. The van der Waals surface area contributed by atoms with Crippen LogP contribution in [0.5, 0.6) is 0 Å². The van der Waals surface area contributed by atoms with Crippen molar-refractivity contribution in [3.63, 3.8) is 0 Å². The molecule has 3 aromatic carbocycles. The Morgan fingerprint density at radius 3 is 2.56 bits per heavy atom. The molecule has 170 valence electrons. The van der Waals surface area contributed by atoms with E-state index in [-0.39, 0.29) is 18.2 Å². The third-order valence-corrected chi connectivity index (χ3v) is 6.36. The Kier molecular flexibility index (Phi) is 6.08. The fourth-order valence-corrected chi connectivity index (χ4v) is 4.67. The van der Waals surface area contributed by atoms with Gasteiger partial charge in [-0.05, 0) is 48.5 Å². The Morgan fingerprint density at radius 1 is 1.00 bits per heavy atom. The van der Waals surface area contributed by atoms with E-state index in [9.17, 15) is 13.6 Å². The van der Waals surface area contributed by atoms with Gasteiger partial charge in [0.2, 0.25) is 5.91 Å². The molecule has 9 heteroatoms. The lowest BCUT2D eigenvalue weighted by Crippen LogP contribution is -2.14. The molecule has 0 fully saturated rings. The molecular weight excluding hydrogens is 478 g/mol. The molecule has 1 amide bonds. The molecule has 5 rings (SSSR count). The standard InChI is InChI=1S/C25H17ClF2N4OS/c26-17-5-3-4-16(12-17)24-30-19(14-34-24)13-22(33)29-18-10-8-15(9-11-18)23-31-20-6-1-2-7-21(20)32(23)25(27)28/h1-12,14,25H,13H2,(H,29,33). The number of thiazole rings is 1. The molecule has 0 radical (unpaired) electrons.